The summed E-state index contributed by atoms with van der Waals surface area (Å²) in [5.74, 6) is -1.02. The first kappa shape index (κ1) is 21.4. The molecule has 0 saturated carbocycles. The van der Waals surface area contributed by atoms with Crippen LogP contribution in [0.15, 0.2) is 57.0 Å². The van der Waals surface area contributed by atoms with Gasteiger partial charge in [-0.05, 0) is 53.7 Å². The number of hydrogen-bond donors (Lipinski definition) is 1. The first-order chi connectivity index (χ1) is 14.4. The summed E-state index contributed by atoms with van der Waals surface area (Å²) in [6, 6.07) is 11.2. The zero-order valence-electron chi connectivity index (χ0n) is 15.8. The van der Waals surface area contributed by atoms with Gasteiger partial charge in [0.25, 0.3) is 11.1 Å². The highest BCUT2D eigenvalue weighted by molar-refractivity contribution is 8.03. The predicted octanol–water partition coefficient (Wildman–Crippen LogP) is 4.40. The largest absolute Gasteiger partial charge is 0.496 e. The zero-order chi connectivity index (χ0) is 21.7. The molecular weight excluding hydrogens is 432 g/mol. The summed E-state index contributed by atoms with van der Waals surface area (Å²) in [4.78, 5) is 23.1. The highest BCUT2D eigenvalue weighted by Gasteiger charge is 2.18. The molecule has 2 aromatic carbocycles. The average molecular weight is 447 g/mol. The number of ether oxygens (including phenoxy) is 2. The van der Waals surface area contributed by atoms with Gasteiger partial charge in [-0.25, -0.2) is 9.59 Å². The molecule has 0 saturated heterocycles. The molecule has 10 heteroatoms. The number of carboxylic acid groups (broad SMARTS) is 1. The van der Waals surface area contributed by atoms with Crippen molar-refractivity contribution in [3.63, 3.8) is 0 Å². The zero-order valence-corrected chi connectivity index (χ0v) is 17.4. The molecule has 0 fully saturated rings. The lowest BCUT2D eigenvalue weighted by Crippen LogP contribution is -2.00. The Bertz CT molecular complexity index is 1110. The summed E-state index contributed by atoms with van der Waals surface area (Å²) in [6.45, 7) is 0. The number of benzene rings is 2. The number of nitrogens with zero attached hydrogens (tertiary/aromatic N) is 2. The molecule has 0 aliphatic carbocycles. The van der Waals surface area contributed by atoms with Gasteiger partial charge in [0.15, 0.2) is 0 Å². The smallest absolute Gasteiger partial charge is 0.342 e. The number of carboxylic acids is 1. The van der Waals surface area contributed by atoms with Gasteiger partial charge >= 0.3 is 11.9 Å². The molecule has 0 aliphatic heterocycles. The Morgan fingerprint density at radius 1 is 1.13 bits per heavy atom. The molecule has 1 N–H and O–H groups in total. The van der Waals surface area contributed by atoms with Crippen LogP contribution in [0.3, 0.4) is 0 Å². The lowest BCUT2D eigenvalue weighted by molar-refractivity contribution is -0.131. The highest BCUT2D eigenvalue weighted by Crippen LogP contribution is 2.35. The van der Waals surface area contributed by atoms with Crippen LogP contribution in [0.5, 0.6) is 5.75 Å². The summed E-state index contributed by atoms with van der Waals surface area (Å²) in [7, 11) is 2.78. The van der Waals surface area contributed by atoms with Crippen molar-refractivity contribution in [2.75, 3.05) is 14.2 Å². The molecule has 0 amide bonds. The van der Waals surface area contributed by atoms with Crippen LogP contribution in [-0.4, -0.2) is 41.5 Å². The quantitative estimate of drug-likeness (QED) is 0.320. The topological polar surface area (TPSA) is 112 Å². The maximum absolute atomic E-state index is 11.7. The first-order valence-corrected chi connectivity index (χ1v) is 9.59. The van der Waals surface area contributed by atoms with Crippen molar-refractivity contribution in [1.82, 2.24) is 10.2 Å². The number of halogens is 1. The first-order valence-electron chi connectivity index (χ1n) is 8.40. The Labute approximate surface area is 180 Å². The van der Waals surface area contributed by atoms with Crippen molar-refractivity contribution in [2.24, 2.45) is 0 Å². The summed E-state index contributed by atoms with van der Waals surface area (Å²) in [5.41, 5.74) is 1.42. The molecule has 0 radical (unpaired) electrons. The molecule has 3 rings (SSSR count). The van der Waals surface area contributed by atoms with E-state index in [-0.39, 0.29) is 16.0 Å². The fraction of sp³-hybridized carbons (Fsp3) is 0.100. The second-order valence-electron chi connectivity index (χ2n) is 5.75. The second kappa shape index (κ2) is 9.47. The third-order valence-corrected chi connectivity index (χ3v) is 4.92. The number of thioether (sulfide) groups is 1. The molecule has 0 bridgehead atoms. The van der Waals surface area contributed by atoms with Gasteiger partial charge in [-0.3, -0.25) is 0 Å². The van der Waals surface area contributed by atoms with E-state index in [1.165, 1.54) is 32.4 Å². The maximum atomic E-state index is 11.7. The van der Waals surface area contributed by atoms with Crippen molar-refractivity contribution in [3.8, 4) is 17.2 Å². The molecule has 30 heavy (non-hydrogen) atoms. The fourth-order valence-corrected chi connectivity index (χ4v) is 3.27. The number of aliphatic carboxylic acids is 1. The number of carbonyl (C=O) groups excluding carboxylic acids is 1. The summed E-state index contributed by atoms with van der Waals surface area (Å²) in [5, 5.41) is 17.9. The van der Waals surface area contributed by atoms with Crippen molar-refractivity contribution in [1.29, 1.82) is 0 Å². The summed E-state index contributed by atoms with van der Waals surface area (Å²) < 4.78 is 15.5. The molecule has 154 valence electrons. The van der Waals surface area contributed by atoms with Crippen LogP contribution in [0.4, 0.5) is 0 Å². The van der Waals surface area contributed by atoms with E-state index < -0.39 is 11.9 Å². The van der Waals surface area contributed by atoms with Gasteiger partial charge in [-0.2, -0.15) is 0 Å². The van der Waals surface area contributed by atoms with E-state index in [9.17, 15) is 14.7 Å². The lowest BCUT2D eigenvalue weighted by Gasteiger charge is -2.04. The Morgan fingerprint density at radius 2 is 1.87 bits per heavy atom. The van der Waals surface area contributed by atoms with Crippen LogP contribution in [0, 0.1) is 0 Å². The molecule has 0 unspecified atom stereocenters. The summed E-state index contributed by atoms with van der Waals surface area (Å²) in [6.07, 6.45) is 1.43. The van der Waals surface area contributed by atoms with Crippen LogP contribution in [-0.2, 0) is 9.53 Å². The minimum absolute atomic E-state index is 0.0341. The van der Waals surface area contributed by atoms with Crippen LogP contribution in [0.25, 0.3) is 17.5 Å². The van der Waals surface area contributed by atoms with E-state index in [1.54, 1.807) is 30.3 Å². The third kappa shape index (κ3) is 5.00. The standard InChI is InChI=1S/C20H15ClN2O6S/c1-27-15-8-7-13(21)10-14(15)17-22-23-20(29-17)30-16(18(24)25)9-11-3-5-12(6-4-11)19(26)28-2/h3-10H,1-2H3,(H,24,25)/b16-9-. The molecule has 1 heterocycles. The van der Waals surface area contributed by atoms with E-state index in [4.69, 9.17) is 20.8 Å². The van der Waals surface area contributed by atoms with Gasteiger partial charge < -0.3 is 19.0 Å². The van der Waals surface area contributed by atoms with E-state index in [0.29, 0.717) is 27.5 Å². The molecule has 1 aromatic heterocycles. The Kier molecular flexibility index (Phi) is 6.76. The van der Waals surface area contributed by atoms with E-state index in [0.717, 1.165) is 11.8 Å². The van der Waals surface area contributed by atoms with Crippen molar-refractivity contribution >= 4 is 41.4 Å². The molecule has 8 nitrogen and oxygen atoms in total. The van der Waals surface area contributed by atoms with Crippen LogP contribution >= 0.6 is 23.4 Å². The van der Waals surface area contributed by atoms with Gasteiger partial charge in [0.2, 0.25) is 0 Å². The normalized spacial score (nSPS) is 11.2. The molecule has 0 atom stereocenters. The number of carbonyl (C=O) groups is 2. The Hall–Kier alpha value is -3.30. The number of esters is 1. The lowest BCUT2D eigenvalue weighted by atomic mass is 10.1. The predicted molar refractivity (Wildman–Crippen MR) is 111 cm³/mol. The molecule has 3 aromatic rings. The minimum Gasteiger partial charge on any atom is -0.496 e. The number of methoxy groups -OCH3 is 2. The van der Waals surface area contributed by atoms with Gasteiger partial charge in [0, 0.05) is 5.02 Å². The van der Waals surface area contributed by atoms with Gasteiger partial charge in [0.05, 0.1) is 25.3 Å². The molecular formula is C20H15ClN2O6S. The van der Waals surface area contributed by atoms with Crippen LogP contribution in [0.1, 0.15) is 15.9 Å². The number of rotatable bonds is 7. The van der Waals surface area contributed by atoms with Crippen molar-refractivity contribution in [2.45, 2.75) is 5.22 Å². The average Bonchev–Trinajstić information content (AvgIpc) is 3.21. The minimum atomic E-state index is -1.17. The molecule has 0 aliphatic rings. The Balaban J connectivity index is 1.85. The second-order valence-corrected chi connectivity index (χ2v) is 7.18. The van der Waals surface area contributed by atoms with Crippen LogP contribution < -0.4 is 4.74 Å². The van der Waals surface area contributed by atoms with Crippen molar-refractivity contribution < 1.29 is 28.6 Å². The monoisotopic (exact) mass is 446 g/mol. The van der Waals surface area contributed by atoms with E-state index >= 15 is 0 Å². The SMILES string of the molecule is COC(=O)c1ccc(/C=C(\Sc2nnc(-c3cc(Cl)ccc3OC)o2)C(=O)O)cc1. The maximum Gasteiger partial charge on any atom is 0.342 e. The van der Waals surface area contributed by atoms with Gasteiger partial charge in [-0.1, -0.05) is 23.7 Å². The molecule has 0 spiro atoms. The number of aromatic nitrogens is 2. The van der Waals surface area contributed by atoms with E-state index in [1.807, 2.05) is 0 Å². The number of hydrogen-bond acceptors (Lipinski definition) is 8. The Morgan fingerprint density at radius 3 is 2.50 bits per heavy atom. The highest BCUT2D eigenvalue weighted by atomic mass is 35.5. The van der Waals surface area contributed by atoms with Gasteiger partial charge in [0.1, 0.15) is 10.7 Å². The van der Waals surface area contributed by atoms with Gasteiger partial charge in [-0.15, -0.1) is 10.2 Å². The summed E-state index contributed by atoms with van der Waals surface area (Å²) >= 11 is 6.82. The third-order valence-electron chi connectivity index (χ3n) is 3.84. The van der Waals surface area contributed by atoms with Crippen LogP contribution in [0.2, 0.25) is 5.02 Å². The van der Waals surface area contributed by atoms with Crippen molar-refractivity contribution in [3.05, 3.63) is 63.5 Å². The fourth-order valence-electron chi connectivity index (χ4n) is 2.42. The van der Waals surface area contributed by atoms with E-state index in [2.05, 4.69) is 14.9 Å².